The van der Waals surface area contributed by atoms with Crippen molar-refractivity contribution in [2.45, 2.75) is 17.9 Å². The first-order valence-corrected chi connectivity index (χ1v) is 10.8. The van der Waals surface area contributed by atoms with Crippen LogP contribution in [0.1, 0.15) is 33.8 Å². The monoisotopic (exact) mass is 389 g/mol. The second kappa shape index (κ2) is 9.24. The summed E-state index contributed by atoms with van der Waals surface area (Å²) in [5.74, 6) is 3.55. The van der Waals surface area contributed by atoms with E-state index < -0.39 is 0 Å². The number of nitrogens with one attached hydrogen (secondary N) is 1. The van der Waals surface area contributed by atoms with E-state index in [-0.39, 0.29) is 5.91 Å². The van der Waals surface area contributed by atoms with Crippen LogP contribution in [-0.2, 0) is 0 Å². The van der Waals surface area contributed by atoms with Crippen LogP contribution in [0, 0.1) is 0 Å². The van der Waals surface area contributed by atoms with E-state index in [1.54, 1.807) is 19.2 Å². The Labute approximate surface area is 163 Å². The quantitative estimate of drug-likeness (QED) is 0.734. The van der Waals surface area contributed by atoms with Crippen molar-refractivity contribution in [3.63, 3.8) is 0 Å². The van der Waals surface area contributed by atoms with Crippen LogP contribution >= 0.6 is 23.5 Å². The Morgan fingerprint density at radius 3 is 2.50 bits per heavy atom. The minimum Gasteiger partial charge on any atom is -0.493 e. The molecule has 0 aliphatic carbocycles. The molecule has 1 amide bonds. The molecule has 0 spiro atoms. The molecule has 1 aliphatic heterocycles. The highest BCUT2D eigenvalue weighted by molar-refractivity contribution is 8.16. The first-order chi connectivity index (χ1) is 12.7. The molecule has 1 aliphatic rings. The summed E-state index contributed by atoms with van der Waals surface area (Å²) < 4.78 is 11.3. The highest BCUT2D eigenvalue weighted by atomic mass is 32.2. The smallest absolute Gasteiger partial charge is 0.255 e. The van der Waals surface area contributed by atoms with Gasteiger partial charge >= 0.3 is 0 Å². The molecule has 2 aromatic rings. The van der Waals surface area contributed by atoms with E-state index in [0.717, 1.165) is 0 Å². The van der Waals surface area contributed by atoms with Gasteiger partial charge in [-0.1, -0.05) is 12.1 Å². The molecule has 1 fully saturated rings. The van der Waals surface area contributed by atoms with Crippen molar-refractivity contribution >= 4 is 35.1 Å². The zero-order valence-corrected chi connectivity index (χ0v) is 16.6. The highest BCUT2D eigenvalue weighted by Crippen LogP contribution is 2.43. The van der Waals surface area contributed by atoms with Crippen molar-refractivity contribution in [3.8, 4) is 11.5 Å². The van der Waals surface area contributed by atoms with Gasteiger partial charge in [-0.2, -0.15) is 0 Å². The third-order valence-electron chi connectivity index (χ3n) is 3.99. The molecule has 3 rings (SSSR count). The van der Waals surface area contributed by atoms with Crippen molar-refractivity contribution in [1.29, 1.82) is 0 Å². The van der Waals surface area contributed by atoms with Gasteiger partial charge in [0.25, 0.3) is 5.91 Å². The minimum absolute atomic E-state index is 0.133. The van der Waals surface area contributed by atoms with Crippen LogP contribution in [-0.4, -0.2) is 31.1 Å². The Morgan fingerprint density at radius 2 is 1.85 bits per heavy atom. The zero-order chi connectivity index (χ0) is 18.4. The molecule has 0 radical (unpaired) electrons. The lowest BCUT2D eigenvalue weighted by Gasteiger charge is -2.21. The molecule has 138 valence electrons. The molecule has 1 N–H and O–H groups in total. The van der Waals surface area contributed by atoms with Gasteiger partial charge in [0.1, 0.15) is 0 Å². The van der Waals surface area contributed by atoms with Gasteiger partial charge in [0.2, 0.25) is 0 Å². The standard InChI is InChI=1S/C20H23NO3S2/c1-3-24-17-10-9-16(13-18(17)23-2)21-19(22)14-5-7-15(8-6-14)20-25-11-4-12-26-20/h5-10,13,20H,3-4,11-12H2,1-2H3,(H,21,22). The number of thioether (sulfide) groups is 2. The summed E-state index contributed by atoms with van der Waals surface area (Å²) in [4.78, 5) is 12.5. The van der Waals surface area contributed by atoms with Crippen LogP contribution in [0.25, 0.3) is 0 Å². The maximum absolute atomic E-state index is 12.5. The van der Waals surface area contributed by atoms with E-state index >= 15 is 0 Å². The molecule has 6 heteroatoms. The van der Waals surface area contributed by atoms with E-state index in [9.17, 15) is 4.79 Å². The number of hydrogen-bond acceptors (Lipinski definition) is 5. The summed E-state index contributed by atoms with van der Waals surface area (Å²) >= 11 is 3.96. The lowest BCUT2D eigenvalue weighted by atomic mass is 10.1. The summed E-state index contributed by atoms with van der Waals surface area (Å²) in [6.07, 6.45) is 1.28. The summed E-state index contributed by atoms with van der Waals surface area (Å²) in [5.41, 5.74) is 2.60. The largest absolute Gasteiger partial charge is 0.493 e. The van der Waals surface area contributed by atoms with Crippen molar-refractivity contribution in [1.82, 2.24) is 0 Å². The van der Waals surface area contributed by atoms with Gasteiger partial charge in [-0.3, -0.25) is 4.79 Å². The van der Waals surface area contributed by atoms with Crippen LogP contribution in [0.4, 0.5) is 5.69 Å². The Bertz CT molecular complexity index is 743. The van der Waals surface area contributed by atoms with Gasteiger partial charge in [-0.05, 0) is 54.7 Å². The summed E-state index contributed by atoms with van der Waals surface area (Å²) in [6, 6.07) is 13.3. The molecule has 1 heterocycles. The van der Waals surface area contributed by atoms with Crippen LogP contribution in [0.15, 0.2) is 42.5 Å². The highest BCUT2D eigenvalue weighted by Gasteiger charge is 2.17. The first kappa shape index (κ1) is 19.0. The molecular formula is C20H23NO3S2. The van der Waals surface area contributed by atoms with Crippen molar-refractivity contribution in [3.05, 3.63) is 53.6 Å². The Kier molecular flexibility index (Phi) is 6.74. The zero-order valence-electron chi connectivity index (χ0n) is 15.0. The fraction of sp³-hybridized carbons (Fsp3) is 0.350. The molecular weight excluding hydrogens is 366 g/mol. The van der Waals surface area contributed by atoms with Gasteiger partial charge in [0.05, 0.1) is 18.3 Å². The molecule has 0 unspecified atom stereocenters. The SMILES string of the molecule is CCOc1ccc(NC(=O)c2ccc(C3SCCCS3)cc2)cc1OC. The summed E-state index contributed by atoms with van der Waals surface area (Å²) in [6.45, 7) is 2.48. The molecule has 0 saturated carbocycles. The number of benzene rings is 2. The predicted octanol–water partition coefficient (Wildman–Crippen LogP) is 5.21. The number of hydrogen-bond donors (Lipinski definition) is 1. The third kappa shape index (κ3) is 4.68. The second-order valence-electron chi connectivity index (χ2n) is 5.80. The maximum atomic E-state index is 12.5. The number of rotatable bonds is 6. The van der Waals surface area contributed by atoms with E-state index in [1.165, 1.54) is 23.5 Å². The Hall–Kier alpha value is -1.79. The lowest BCUT2D eigenvalue weighted by molar-refractivity contribution is 0.102. The normalized spacial score (nSPS) is 14.7. The van der Waals surface area contributed by atoms with Gasteiger partial charge in [-0.15, -0.1) is 23.5 Å². The third-order valence-corrected chi connectivity index (χ3v) is 7.01. The number of anilines is 1. The number of carbonyl (C=O) groups is 1. The topological polar surface area (TPSA) is 47.6 Å². The Balaban J connectivity index is 1.67. The van der Waals surface area contributed by atoms with E-state index in [1.807, 2.05) is 48.6 Å². The van der Waals surface area contributed by atoms with Gasteiger partial charge < -0.3 is 14.8 Å². The second-order valence-corrected chi connectivity index (χ2v) is 8.53. The Morgan fingerprint density at radius 1 is 1.12 bits per heavy atom. The van der Waals surface area contributed by atoms with Crippen LogP contribution in [0.3, 0.4) is 0 Å². The minimum atomic E-state index is -0.133. The van der Waals surface area contributed by atoms with Crippen molar-refractivity contribution in [2.24, 2.45) is 0 Å². The van der Waals surface area contributed by atoms with Crippen LogP contribution in [0.5, 0.6) is 11.5 Å². The number of amides is 1. The molecule has 4 nitrogen and oxygen atoms in total. The summed E-state index contributed by atoms with van der Waals surface area (Å²) in [5, 5.41) is 2.92. The van der Waals surface area contributed by atoms with E-state index in [2.05, 4.69) is 17.4 Å². The molecule has 1 saturated heterocycles. The molecule has 26 heavy (non-hydrogen) atoms. The summed E-state index contributed by atoms with van der Waals surface area (Å²) in [7, 11) is 1.59. The molecule has 0 atom stereocenters. The average molecular weight is 390 g/mol. The van der Waals surface area contributed by atoms with Crippen LogP contribution in [0.2, 0.25) is 0 Å². The number of methoxy groups -OCH3 is 1. The first-order valence-electron chi connectivity index (χ1n) is 8.66. The number of ether oxygens (including phenoxy) is 2. The number of carbonyl (C=O) groups excluding carboxylic acids is 1. The van der Waals surface area contributed by atoms with Crippen molar-refractivity contribution in [2.75, 3.05) is 30.5 Å². The van der Waals surface area contributed by atoms with Gasteiger partial charge in [0, 0.05) is 17.3 Å². The van der Waals surface area contributed by atoms with Crippen molar-refractivity contribution < 1.29 is 14.3 Å². The molecule has 0 bridgehead atoms. The lowest BCUT2D eigenvalue weighted by Crippen LogP contribution is -2.12. The van der Waals surface area contributed by atoms with E-state index in [4.69, 9.17) is 9.47 Å². The fourth-order valence-corrected chi connectivity index (χ4v) is 5.59. The average Bonchev–Trinajstić information content (AvgIpc) is 2.70. The van der Waals surface area contributed by atoms with Crippen LogP contribution < -0.4 is 14.8 Å². The maximum Gasteiger partial charge on any atom is 0.255 e. The van der Waals surface area contributed by atoms with E-state index in [0.29, 0.717) is 33.9 Å². The fourth-order valence-electron chi connectivity index (χ4n) is 2.70. The molecule has 0 aromatic heterocycles. The van der Waals surface area contributed by atoms with Gasteiger partial charge in [-0.25, -0.2) is 0 Å². The molecule has 2 aromatic carbocycles. The predicted molar refractivity (Wildman–Crippen MR) is 111 cm³/mol. The van der Waals surface area contributed by atoms with Gasteiger partial charge in [0.15, 0.2) is 11.5 Å².